The molecule has 0 heterocycles. The van der Waals surface area contributed by atoms with E-state index in [4.69, 9.17) is 9.47 Å². The van der Waals surface area contributed by atoms with Gasteiger partial charge in [-0.3, -0.25) is 4.79 Å². The van der Waals surface area contributed by atoms with Gasteiger partial charge in [-0.1, -0.05) is 31.2 Å². The zero-order chi connectivity index (χ0) is 19.4. The summed E-state index contributed by atoms with van der Waals surface area (Å²) in [6.45, 7) is 2.08. The van der Waals surface area contributed by atoms with Gasteiger partial charge < -0.3 is 9.47 Å². The molecule has 0 saturated heterocycles. The first-order chi connectivity index (χ1) is 13.0. The number of hydrogen-bond donors (Lipinski definition) is 0. The largest absolute Gasteiger partial charge is 0.488 e. The van der Waals surface area contributed by atoms with Gasteiger partial charge in [0, 0.05) is 0 Å². The second-order valence-corrected chi connectivity index (χ2v) is 6.83. The van der Waals surface area contributed by atoms with E-state index < -0.39 is 6.43 Å². The molecule has 5 heteroatoms. The highest BCUT2D eigenvalue weighted by Crippen LogP contribution is 2.43. The number of benzene rings is 2. The third-order valence-corrected chi connectivity index (χ3v) is 4.98. The Kier molecular flexibility index (Phi) is 6.09. The molecule has 0 unspecified atom stereocenters. The molecule has 2 aromatic rings. The smallest absolute Gasteiger partial charge is 0.309 e. The number of esters is 1. The van der Waals surface area contributed by atoms with Crippen molar-refractivity contribution >= 4 is 5.97 Å². The summed E-state index contributed by atoms with van der Waals surface area (Å²) in [4.78, 5) is 11.8. The van der Waals surface area contributed by atoms with E-state index >= 15 is 0 Å². The summed E-state index contributed by atoms with van der Waals surface area (Å²) < 4.78 is 37.5. The maximum absolute atomic E-state index is 13.4. The van der Waals surface area contributed by atoms with Gasteiger partial charge >= 0.3 is 5.97 Å². The lowest BCUT2D eigenvalue weighted by Crippen LogP contribution is -2.11. The fourth-order valence-electron chi connectivity index (χ4n) is 3.27. The highest BCUT2D eigenvalue weighted by Gasteiger charge is 2.28. The summed E-state index contributed by atoms with van der Waals surface area (Å²) in [5, 5.41) is 0. The Bertz CT molecular complexity index is 813. The van der Waals surface area contributed by atoms with Crippen molar-refractivity contribution in [2.45, 2.75) is 51.6 Å². The van der Waals surface area contributed by atoms with Crippen LogP contribution < -0.4 is 4.74 Å². The summed E-state index contributed by atoms with van der Waals surface area (Å²) in [5.74, 6) is 0.319. The van der Waals surface area contributed by atoms with Crippen LogP contribution in [-0.2, 0) is 29.0 Å². The molecule has 3 rings (SSSR count). The molecule has 0 bridgehead atoms. The van der Waals surface area contributed by atoms with Crippen LogP contribution in [-0.4, -0.2) is 13.1 Å². The molecule has 0 spiro atoms. The SMILES string of the molecule is CCc1ccc(OCc2c(CC(=O)OC)cccc2C2CC2)c(C(F)F)c1. The number of methoxy groups -OCH3 is 1. The zero-order valence-electron chi connectivity index (χ0n) is 15.6. The minimum absolute atomic E-state index is 0.0900. The van der Waals surface area contributed by atoms with Crippen LogP contribution in [0.15, 0.2) is 36.4 Å². The summed E-state index contributed by atoms with van der Waals surface area (Å²) in [5.41, 5.74) is 3.63. The van der Waals surface area contributed by atoms with E-state index in [1.165, 1.54) is 13.2 Å². The topological polar surface area (TPSA) is 35.5 Å². The lowest BCUT2D eigenvalue weighted by atomic mass is 9.96. The van der Waals surface area contributed by atoms with E-state index in [0.29, 0.717) is 12.3 Å². The van der Waals surface area contributed by atoms with Crippen LogP contribution in [0.1, 0.15) is 59.9 Å². The number of rotatable bonds is 8. The molecule has 0 aliphatic heterocycles. The van der Waals surface area contributed by atoms with Crippen molar-refractivity contribution in [1.82, 2.24) is 0 Å². The quantitative estimate of drug-likeness (QED) is 0.584. The Labute approximate surface area is 158 Å². The summed E-state index contributed by atoms with van der Waals surface area (Å²) >= 11 is 0. The second-order valence-electron chi connectivity index (χ2n) is 6.83. The van der Waals surface area contributed by atoms with Gasteiger partial charge in [-0.05, 0) is 59.6 Å². The summed E-state index contributed by atoms with van der Waals surface area (Å²) in [7, 11) is 1.35. The normalized spacial score (nSPS) is 13.7. The minimum atomic E-state index is -2.60. The highest BCUT2D eigenvalue weighted by atomic mass is 19.3. The number of alkyl halides is 2. The lowest BCUT2D eigenvalue weighted by molar-refractivity contribution is -0.139. The molecule has 0 N–H and O–H groups in total. The maximum atomic E-state index is 13.4. The fraction of sp³-hybridized carbons (Fsp3) is 0.409. The van der Waals surface area contributed by atoms with Crippen LogP contribution in [0, 0.1) is 0 Å². The van der Waals surface area contributed by atoms with Crippen molar-refractivity contribution in [3.05, 3.63) is 64.2 Å². The average Bonchev–Trinajstić information content (AvgIpc) is 3.51. The molecule has 0 aromatic heterocycles. The van der Waals surface area contributed by atoms with Crippen molar-refractivity contribution in [3.8, 4) is 5.75 Å². The molecule has 144 valence electrons. The maximum Gasteiger partial charge on any atom is 0.309 e. The number of carbonyl (C=O) groups excluding carboxylic acids is 1. The van der Waals surface area contributed by atoms with E-state index in [0.717, 1.165) is 35.1 Å². The van der Waals surface area contributed by atoms with E-state index in [-0.39, 0.29) is 30.3 Å². The Balaban J connectivity index is 1.88. The highest BCUT2D eigenvalue weighted by molar-refractivity contribution is 5.73. The van der Waals surface area contributed by atoms with Gasteiger partial charge in [0.1, 0.15) is 12.4 Å². The third-order valence-electron chi connectivity index (χ3n) is 4.98. The van der Waals surface area contributed by atoms with Crippen molar-refractivity contribution in [2.75, 3.05) is 7.11 Å². The number of carbonyl (C=O) groups is 1. The average molecular weight is 374 g/mol. The van der Waals surface area contributed by atoms with Gasteiger partial charge in [-0.2, -0.15) is 0 Å². The first-order valence-corrected chi connectivity index (χ1v) is 9.24. The Morgan fingerprint density at radius 2 is 2.00 bits per heavy atom. The molecule has 0 radical (unpaired) electrons. The minimum Gasteiger partial charge on any atom is -0.488 e. The second kappa shape index (κ2) is 8.51. The van der Waals surface area contributed by atoms with E-state index in [1.807, 2.05) is 31.2 Å². The standard InChI is InChI=1S/C22H24F2O3/c1-3-14-7-10-20(18(11-14)22(23)24)27-13-19-16(12-21(25)26-2)5-4-6-17(19)15-8-9-15/h4-7,10-11,15,22H,3,8-9,12-13H2,1-2H3. The van der Waals surface area contributed by atoms with Gasteiger partial charge in [0.15, 0.2) is 0 Å². The van der Waals surface area contributed by atoms with Gasteiger partial charge in [0.2, 0.25) is 0 Å². The number of hydrogen-bond acceptors (Lipinski definition) is 3. The molecule has 27 heavy (non-hydrogen) atoms. The van der Waals surface area contributed by atoms with Crippen LogP contribution in [0.2, 0.25) is 0 Å². The van der Waals surface area contributed by atoms with E-state index in [2.05, 4.69) is 0 Å². The van der Waals surface area contributed by atoms with Gasteiger partial charge in [0.25, 0.3) is 6.43 Å². The number of ether oxygens (including phenoxy) is 2. The van der Waals surface area contributed by atoms with Crippen LogP contribution in [0.25, 0.3) is 0 Å². The van der Waals surface area contributed by atoms with Gasteiger partial charge in [0.05, 0.1) is 19.1 Å². The van der Waals surface area contributed by atoms with E-state index in [1.54, 1.807) is 6.07 Å². The molecule has 1 aliphatic rings. The van der Waals surface area contributed by atoms with Gasteiger partial charge in [-0.15, -0.1) is 0 Å². The van der Waals surface area contributed by atoms with E-state index in [9.17, 15) is 13.6 Å². The monoisotopic (exact) mass is 374 g/mol. The van der Waals surface area contributed by atoms with Crippen molar-refractivity contribution in [2.24, 2.45) is 0 Å². The number of aryl methyl sites for hydroxylation is 1. The first kappa shape index (κ1) is 19.3. The van der Waals surface area contributed by atoms with Crippen molar-refractivity contribution < 1.29 is 23.0 Å². The summed E-state index contributed by atoms with van der Waals surface area (Å²) in [6.07, 6.45) is 0.435. The molecule has 0 atom stereocenters. The summed E-state index contributed by atoms with van der Waals surface area (Å²) in [6, 6.07) is 10.8. The Hall–Kier alpha value is -2.43. The molecular formula is C22H24F2O3. The Morgan fingerprint density at radius 1 is 1.22 bits per heavy atom. The number of halogens is 2. The van der Waals surface area contributed by atoms with Crippen LogP contribution >= 0.6 is 0 Å². The molecule has 1 fully saturated rings. The Morgan fingerprint density at radius 3 is 2.63 bits per heavy atom. The fourth-order valence-corrected chi connectivity index (χ4v) is 3.27. The van der Waals surface area contributed by atoms with Crippen molar-refractivity contribution in [1.29, 1.82) is 0 Å². The molecule has 3 nitrogen and oxygen atoms in total. The molecular weight excluding hydrogens is 350 g/mol. The molecule has 1 aliphatic carbocycles. The third kappa shape index (κ3) is 4.65. The lowest BCUT2D eigenvalue weighted by Gasteiger charge is -2.17. The van der Waals surface area contributed by atoms with Crippen molar-refractivity contribution in [3.63, 3.8) is 0 Å². The predicted octanol–water partition coefficient (Wildman–Crippen LogP) is 5.36. The van der Waals surface area contributed by atoms with Crippen LogP contribution in [0.3, 0.4) is 0 Å². The molecule has 2 aromatic carbocycles. The zero-order valence-corrected chi connectivity index (χ0v) is 15.6. The predicted molar refractivity (Wildman–Crippen MR) is 99.2 cm³/mol. The van der Waals surface area contributed by atoms with Gasteiger partial charge in [-0.25, -0.2) is 8.78 Å². The van der Waals surface area contributed by atoms with Crippen LogP contribution in [0.4, 0.5) is 8.78 Å². The molecule has 0 amide bonds. The molecule has 1 saturated carbocycles. The first-order valence-electron chi connectivity index (χ1n) is 9.24. The van der Waals surface area contributed by atoms with Crippen LogP contribution in [0.5, 0.6) is 5.75 Å².